The molecule has 0 N–H and O–H groups in total. The lowest BCUT2D eigenvalue weighted by molar-refractivity contribution is -0.140. The molecule has 9 heteroatoms. The highest BCUT2D eigenvalue weighted by molar-refractivity contribution is 6.08. The topological polar surface area (TPSA) is 43.2 Å². The summed E-state index contributed by atoms with van der Waals surface area (Å²) in [4.78, 5) is 9.92. The van der Waals surface area contributed by atoms with Gasteiger partial charge in [0.2, 0.25) is 0 Å². The summed E-state index contributed by atoms with van der Waals surface area (Å²) < 4.78 is 47.5. The van der Waals surface area contributed by atoms with Crippen LogP contribution in [0.3, 0.4) is 0 Å². The summed E-state index contributed by atoms with van der Waals surface area (Å²) in [5.41, 5.74) is -0.0151. The van der Waals surface area contributed by atoms with Crippen LogP contribution in [-0.2, 0) is 17.5 Å². The summed E-state index contributed by atoms with van der Waals surface area (Å²) in [5, 5.41) is 1.32. The highest BCUT2D eigenvalue weighted by atomic mass is 35.5. The Balaban J connectivity index is 0.00000196. The fraction of sp³-hybridized carbons (Fsp3) is 0.412. The maximum atomic E-state index is 13.5. The summed E-state index contributed by atoms with van der Waals surface area (Å²) in [7, 11) is 0. The Bertz CT molecular complexity index is 906. The Morgan fingerprint density at radius 2 is 1.77 bits per heavy atom. The zero-order valence-electron chi connectivity index (χ0n) is 13.9. The van der Waals surface area contributed by atoms with E-state index in [1.165, 1.54) is 6.20 Å². The first kappa shape index (κ1) is 18.9. The van der Waals surface area contributed by atoms with Crippen LogP contribution in [0, 0.1) is 0 Å². The third kappa shape index (κ3) is 3.36. The van der Waals surface area contributed by atoms with E-state index in [0.29, 0.717) is 37.2 Å². The second-order valence-corrected chi connectivity index (χ2v) is 6.05. The van der Waals surface area contributed by atoms with Crippen LogP contribution in [0.25, 0.3) is 21.8 Å². The average Bonchev–Trinajstić information content (AvgIpc) is 2.94. The van der Waals surface area contributed by atoms with Crippen LogP contribution in [-0.4, -0.2) is 52.3 Å². The Morgan fingerprint density at radius 1 is 1.04 bits per heavy atom. The van der Waals surface area contributed by atoms with Crippen LogP contribution >= 0.6 is 12.4 Å². The van der Waals surface area contributed by atoms with Gasteiger partial charge in [0.15, 0.2) is 5.69 Å². The zero-order chi connectivity index (χ0) is 17.4. The van der Waals surface area contributed by atoms with E-state index in [2.05, 4.69) is 14.9 Å². The number of alkyl halides is 3. The van der Waals surface area contributed by atoms with Gasteiger partial charge in [-0.2, -0.15) is 13.2 Å². The predicted molar refractivity (Wildman–Crippen MR) is 94.5 cm³/mol. The molecule has 26 heavy (non-hydrogen) atoms. The molecular weight excluding hydrogens is 369 g/mol. The smallest absolute Gasteiger partial charge is 0.379 e. The van der Waals surface area contributed by atoms with Gasteiger partial charge >= 0.3 is 6.18 Å². The minimum absolute atomic E-state index is 0. The van der Waals surface area contributed by atoms with Gasteiger partial charge < -0.3 is 9.30 Å². The Morgan fingerprint density at radius 3 is 2.50 bits per heavy atom. The highest BCUT2D eigenvalue weighted by Crippen LogP contribution is 2.37. The van der Waals surface area contributed by atoms with E-state index in [9.17, 15) is 13.2 Å². The molecule has 0 bridgehead atoms. The number of halogens is 4. The number of aromatic nitrogens is 3. The number of ether oxygens (including phenoxy) is 1. The minimum atomic E-state index is -4.50. The highest BCUT2D eigenvalue weighted by Gasteiger charge is 2.36. The molecule has 4 rings (SSSR count). The molecular formula is C17H18ClF3N4O. The number of pyridine rings is 2. The van der Waals surface area contributed by atoms with Crippen LogP contribution in [0.15, 0.2) is 30.7 Å². The number of morpholine rings is 1. The summed E-state index contributed by atoms with van der Waals surface area (Å²) in [6, 6.07) is 3.39. The van der Waals surface area contributed by atoms with Crippen LogP contribution in [0.2, 0.25) is 0 Å². The first-order valence-corrected chi connectivity index (χ1v) is 8.14. The van der Waals surface area contributed by atoms with E-state index in [4.69, 9.17) is 4.74 Å². The van der Waals surface area contributed by atoms with Crippen LogP contribution in [0.5, 0.6) is 0 Å². The van der Waals surface area contributed by atoms with E-state index >= 15 is 0 Å². The number of rotatable bonds is 3. The lowest BCUT2D eigenvalue weighted by Crippen LogP contribution is -2.38. The first-order chi connectivity index (χ1) is 12.1. The molecule has 0 aromatic carbocycles. The van der Waals surface area contributed by atoms with Gasteiger partial charge in [0.1, 0.15) is 0 Å². The van der Waals surface area contributed by atoms with Gasteiger partial charge in [0.05, 0.1) is 30.4 Å². The van der Waals surface area contributed by atoms with E-state index in [0.717, 1.165) is 18.5 Å². The first-order valence-electron chi connectivity index (χ1n) is 8.14. The lowest BCUT2D eigenvalue weighted by atomic mass is 10.2. The van der Waals surface area contributed by atoms with E-state index in [-0.39, 0.29) is 17.9 Å². The SMILES string of the molecule is Cl.FC(F)(F)c1nccc2c3ccncc3n(CCN3CCOCC3)c12. The van der Waals surface area contributed by atoms with Crippen LogP contribution in [0.4, 0.5) is 13.2 Å². The molecule has 0 saturated carbocycles. The molecule has 0 radical (unpaired) electrons. The summed E-state index contributed by atoms with van der Waals surface area (Å²) in [6.07, 6.45) is -0.0635. The third-order valence-corrected chi connectivity index (χ3v) is 4.59. The number of nitrogens with zero attached hydrogens (tertiary/aromatic N) is 4. The normalized spacial score (nSPS) is 16.1. The van der Waals surface area contributed by atoms with Crippen LogP contribution < -0.4 is 0 Å². The Labute approximate surface area is 154 Å². The quantitative estimate of drug-likeness (QED) is 0.692. The monoisotopic (exact) mass is 386 g/mol. The van der Waals surface area contributed by atoms with Gasteiger partial charge in [-0.05, 0) is 12.1 Å². The molecule has 3 aromatic heterocycles. The number of fused-ring (bicyclic) bond motifs is 3. The molecule has 0 atom stereocenters. The van der Waals surface area contributed by atoms with Crippen molar-refractivity contribution in [1.82, 2.24) is 19.4 Å². The third-order valence-electron chi connectivity index (χ3n) is 4.59. The van der Waals surface area contributed by atoms with Crippen molar-refractivity contribution in [2.24, 2.45) is 0 Å². The molecule has 0 spiro atoms. The molecule has 1 aliphatic heterocycles. The molecule has 1 saturated heterocycles. The Hall–Kier alpha value is -1.90. The number of hydrogen-bond donors (Lipinski definition) is 0. The van der Waals surface area contributed by atoms with Gasteiger partial charge in [0, 0.05) is 49.3 Å². The fourth-order valence-corrected chi connectivity index (χ4v) is 3.40. The van der Waals surface area contributed by atoms with Gasteiger partial charge in [-0.15, -0.1) is 12.4 Å². The van der Waals surface area contributed by atoms with Crippen molar-refractivity contribution < 1.29 is 17.9 Å². The van der Waals surface area contributed by atoms with Crippen LogP contribution in [0.1, 0.15) is 5.69 Å². The van der Waals surface area contributed by atoms with Crippen molar-refractivity contribution in [2.45, 2.75) is 12.7 Å². The van der Waals surface area contributed by atoms with Gasteiger partial charge in [0.25, 0.3) is 0 Å². The summed E-state index contributed by atoms with van der Waals surface area (Å²) >= 11 is 0. The molecule has 3 aromatic rings. The molecule has 0 unspecified atom stereocenters. The van der Waals surface area contributed by atoms with Crippen molar-refractivity contribution in [3.8, 4) is 0 Å². The largest absolute Gasteiger partial charge is 0.435 e. The molecule has 1 fully saturated rings. The second-order valence-electron chi connectivity index (χ2n) is 6.05. The van der Waals surface area contributed by atoms with Gasteiger partial charge in [-0.3, -0.25) is 9.88 Å². The molecule has 140 valence electrons. The molecule has 5 nitrogen and oxygen atoms in total. The predicted octanol–water partition coefficient (Wildman–Crippen LogP) is 3.36. The maximum Gasteiger partial charge on any atom is 0.435 e. The Kier molecular flexibility index (Phi) is 5.36. The summed E-state index contributed by atoms with van der Waals surface area (Å²) in [5.74, 6) is 0. The fourth-order valence-electron chi connectivity index (χ4n) is 3.40. The standard InChI is InChI=1S/C17H17F3N4O.ClH/c18-17(19,20)16-15-13(2-4-22-16)12-1-3-21-11-14(12)24(15)6-5-23-7-9-25-10-8-23;/h1-4,11H,5-10H2;1H. The zero-order valence-corrected chi connectivity index (χ0v) is 14.7. The van der Waals surface area contributed by atoms with Crippen molar-refractivity contribution in [3.63, 3.8) is 0 Å². The van der Waals surface area contributed by atoms with Crippen molar-refractivity contribution in [1.29, 1.82) is 0 Å². The van der Waals surface area contributed by atoms with Gasteiger partial charge in [-0.1, -0.05) is 0 Å². The molecule has 0 aliphatic carbocycles. The van der Waals surface area contributed by atoms with Crippen molar-refractivity contribution >= 4 is 34.2 Å². The summed E-state index contributed by atoms with van der Waals surface area (Å²) in [6.45, 7) is 4.00. The average molecular weight is 387 g/mol. The van der Waals surface area contributed by atoms with E-state index in [1.807, 2.05) is 0 Å². The molecule has 1 aliphatic rings. The van der Waals surface area contributed by atoms with Crippen molar-refractivity contribution in [2.75, 3.05) is 32.8 Å². The molecule has 4 heterocycles. The van der Waals surface area contributed by atoms with E-state index in [1.54, 1.807) is 29.1 Å². The molecule has 0 amide bonds. The van der Waals surface area contributed by atoms with E-state index < -0.39 is 11.9 Å². The van der Waals surface area contributed by atoms with Crippen molar-refractivity contribution in [3.05, 3.63) is 36.4 Å². The number of hydrogen-bond acceptors (Lipinski definition) is 4. The second kappa shape index (κ2) is 7.38. The van der Waals surface area contributed by atoms with Gasteiger partial charge in [-0.25, -0.2) is 4.98 Å². The lowest BCUT2D eigenvalue weighted by Gasteiger charge is -2.27. The maximum absolute atomic E-state index is 13.5. The minimum Gasteiger partial charge on any atom is -0.379 e.